The summed E-state index contributed by atoms with van der Waals surface area (Å²) in [5.41, 5.74) is 0.852. The molecule has 0 spiro atoms. The Kier molecular flexibility index (Phi) is 5.05. The van der Waals surface area contributed by atoms with Crippen molar-refractivity contribution in [2.75, 3.05) is 18.5 Å². The maximum atomic E-state index is 12.7. The average molecular weight is 345 g/mol. The minimum absolute atomic E-state index is 0.247. The monoisotopic (exact) mass is 343 g/mol. The first-order valence-electron chi connectivity index (χ1n) is 5.72. The van der Waals surface area contributed by atoms with Crippen LogP contribution in [0.25, 0.3) is 0 Å². The van der Waals surface area contributed by atoms with Gasteiger partial charge < -0.3 is 10.1 Å². The van der Waals surface area contributed by atoms with Crippen molar-refractivity contribution in [3.05, 3.63) is 57.8 Å². The van der Waals surface area contributed by atoms with Gasteiger partial charge in [-0.25, -0.2) is 4.39 Å². The van der Waals surface area contributed by atoms with Crippen LogP contribution in [0.1, 0.15) is 0 Å². The maximum absolute atomic E-state index is 12.7. The zero-order chi connectivity index (χ0) is 13.7. The molecule has 0 aliphatic rings. The lowest BCUT2D eigenvalue weighted by molar-refractivity contribution is 0.333. The molecule has 1 N–H and O–H groups in total. The topological polar surface area (TPSA) is 21.3 Å². The van der Waals surface area contributed by atoms with Crippen LogP contribution in [0, 0.1) is 5.82 Å². The Morgan fingerprint density at radius 1 is 1.16 bits per heavy atom. The number of halogens is 3. The highest BCUT2D eigenvalue weighted by Crippen LogP contribution is 2.27. The van der Waals surface area contributed by atoms with E-state index in [-0.39, 0.29) is 5.82 Å². The Bertz CT molecular complexity index is 548. The van der Waals surface area contributed by atoms with E-state index in [1.54, 1.807) is 18.2 Å². The molecule has 2 aromatic carbocycles. The largest absolute Gasteiger partial charge is 0.490 e. The van der Waals surface area contributed by atoms with Gasteiger partial charge in [-0.3, -0.25) is 0 Å². The van der Waals surface area contributed by atoms with Crippen molar-refractivity contribution >= 4 is 33.2 Å². The fraction of sp³-hybridized carbons (Fsp3) is 0.143. The van der Waals surface area contributed by atoms with Crippen LogP contribution in [0.5, 0.6) is 5.75 Å². The van der Waals surface area contributed by atoms with Crippen LogP contribution in [0.3, 0.4) is 0 Å². The predicted octanol–water partition coefficient (Wildman–Crippen LogP) is 4.73. The highest BCUT2D eigenvalue weighted by molar-refractivity contribution is 9.10. The van der Waals surface area contributed by atoms with Crippen molar-refractivity contribution in [1.82, 2.24) is 0 Å². The maximum Gasteiger partial charge on any atom is 0.139 e. The second-order valence-corrected chi connectivity index (χ2v) is 5.18. The fourth-order valence-electron chi connectivity index (χ4n) is 1.51. The summed E-state index contributed by atoms with van der Waals surface area (Å²) in [4.78, 5) is 0. The number of anilines is 1. The molecule has 0 atom stereocenters. The van der Waals surface area contributed by atoms with Crippen molar-refractivity contribution < 1.29 is 9.13 Å². The molecule has 19 heavy (non-hydrogen) atoms. The Morgan fingerprint density at radius 3 is 2.63 bits per heavy atom. The molecule has 0 saturated heterocycles. The summed E-state index contributed by atoms with van der Waals surface area (Å²) in [6.07, 6.45) is 0. The van der Waals surface area contributed by atoms with E-state index >= 15 is 0 Å². The number of rotatable bonds is 5. The molecule has 0 unspecified atom stereocenters. The normalized spacial score (nSPS) is 10.3. The molecular formula is C14H12BrClFNO. The van der Waals surface area contributed by atoms with Crippen LogP contribution in [0.2, 0.25) is 5.02 Å². The van der Waals surface area contributed by atoms with Gasteiger partial charge in [-0.1, -0.05) is 27.5 Å². The van der Waals surface area contributed by atoms with Crippen molar-refractivity contribution in [3.63, 3.8) is 0 Å². The fourth-order valence-corrected chi connectivity index (χ4v) is 2.02. The summed E-state index contributed by atoms with van der Waals surface area (Å²) < 4.78 is 19.2. The zero-order valence-electron chi connectivity index (χ0n) is 10.00. The third-order valence-corrected chi connectivity index (χ3v) is 3.23. The second-order valence-electron chi connectivity index (χ2n) is 3.86. The molecule has 5 heteroatoms. The van der Waals surface area contributed by atoms with Gasteiger partial charge in [-0.15, -0.1) is 0 Å². The molecule has 0 radical (unpaired) electrons. The van der Waals surface area contributed by atoms with Gasteiger partial charge >= 0.3 is 0 Å². The molecule has 0 aromatic heterocycles. The zero-order valence-corrected chi connectivity index (χ0v) is 12.3. The molecule has 0 fully saturated rings. The van der Waals surface area contributed by atoms with E-state index in [1.807, 2.05) is 12.1 Å². The molecule has 0 amide bonds. The van der Waals surface area contributed by atoms with Crippen LogP contribution in [-0.2, 0) is 0 Å². The molecule has 2 aromatic rings. The van der Waals surface area contributed by atoms with Crippen LogP contribution >= 0.6 is 27.5 Å². The van der Waals surface area contributed by atoms with Gasteiger partial charge in [0.25, 0.3) is 0 Å². The van der Waals surface area contributed by atoms with Crippen molar-refractivity contribution in [2.24, 2.45) is 0 Å². The van der Waals surface area contributed by atoms with Crippen molar-refractivity contribution in [3.8, 4) is 5.75 Å². The van der Waals surface area contributed by atoms with Gasteiger partial charge in [0.2, 0.25) is 0 Å². The SMILES string of the molecule is Fc1ccc(NCCOc2cc(Br)ccc2Cl)cc1. The molecule has 2 rings (SSSR count). The first kappa shape index (κ1) is 14.2. The molecule has 0 heterocycles. The number of ether oxygens (including phenoxy) is 1. The average Bonchev–Trinajstić information content (AvgIpc) is 2.40. The van der Waals surface area contributed by atoms with E-state index in [2.05, 4.69) is 21.2 Å². The van der Waals surface area contributed by atoms with Gasteiger partial charge in [-0.05, 0) is 42.5 Å². The third kappa shape index (κ3) is 4.40. The summed E-state index contributed by atoms with van der Waals surface area (Å²) in [6, 6.07) is 11.6. The van der Waals surface area contributed by atoms with Gasteiger partial charge in [0.1, 0.15) is 18.2 Å². The van der Waals surface area contributed by atoms with Crippen LogP contribution in [0.15, 0.2) is 46.9 Å². The van der Waals surface area contributed by atoms with Crippen LogP contribution < -0.4 is 10.1 Å². The third-order valence-electron chi connectivity index (χ3n) is 2.43. The van der Waals surface area contributed by atoms with E-state index in [4.69, 9.17) is 16.3 Å². The Morgan fingerprint density at radius 2 is 1.89 bits per heavy atom. The van der Waals surface area contributed by atoms with E-state index in [9.17, 15) is 4.39 Å². The standard InChI is InChI=1S/C14H12BrClFNO/c15-10-1-6-13(16)14(9-10)19-8-7-18-12-4-2-11(17)3-5-12/h1-6,9,18H,7-8H2. The summed E-state index contributed by atoms with van der Waals surface area (Å²) in [7, 11) is 0. The summed E-state index contributed by atoms with van der Waals surface area (Å²) >= 11 is 9.36. The number of hydrogen-bond acceptors (Lipinski definition) is 2. The quantitative estimate of drug-likeness (QED) is 0.792. The highest BCUT2D eigenvalue weighted by Gasteiger charge is 2.02. The van der Waals surface area contributed by atoms with Gasteiger partial charge in [0, 0.05) is 16.7 Å². The smallest absolute Gasteiger partial charge is 0.139 e. The molecule has 0 aliphatic heterocycles. The first-order chi connectivity index (χ1) is 9.15. The Hall–Kier alpha value is -1.26. The van der Waals surface area contributed by atoms with Gasteiger partial charge in [0.15, 0.2) is 0 Å². The van der Waals surface area contributed by atoms with E-state index in [0.717, 1.165) is 10.2 Å². The first-order valence-corrected chi connectivity index (χ1v) is 6.89. The number of benzene rings is 2. The summed E-state index contributed by atoms with van der Waals surface area (Å²) in [6.45, 7) is 1.07. The summed E-state index contributed by atoms with van der Waals surface area (Å²) in [5.74, 6) is 0.389. The lowest BCUT2D eigenvalue weighted by Crippen LogP contribution is -2.11. The van der Waals surface area contributed by atoms with E-state index in [0.29, 0.717) is 23.9 Å². The Labute approximate surface area is 124 Å². The highest BCUT2D eigenvalue weighted by atomic mass is 79.9. The molecule has 2 nitrogen and oxygen atoms in total. The van der Waals surface area contributed by atoms with Crippen LogP contribution in [-0.4, -0.2) is 13.2 Å². The lowest BCUT2D eigenvalue weighted by Gasteiger charge is -2.10. The lowest BCUT2D eigenvalue weighted by atomic mass is 10.3. The molecule has 0 bridgehead atoms. The van der Waals surface area contributed by atoms with Crippen LogP contribution in [0.4, 0.5) is 10.1 Å². The Balaban J connectivity index is 1.80. The number of hydrogen-bond donors (Lipinski definition) is 1. The van der Waals surface area contributed by atoms with Gasteiger partial charge in [-0.2, -0.15) is 0 Å². The van der Waals surface area contributed by atoms with Crippen molar-refractivity contribution in [2.45, 2.75) is 0 Å². The van der Waals surface area contributed by atoms with Crippen molar-refractivity contribution in [1.29, 1.82) is 0 Å². The summed E-state index contributed by atoms with van der Waals surface area (Å²) in [5, 5.41) is 3.70. The second kappa shape index (κ2) is 6.78. The van der Waals surface area contributed by atoms with E-state index in [1.165, 1.54) is 12.1 Å². The minimum atomic E-state index is -0.247. The van der Waals surface area contributed by atoms with E-state index < -0.39 is 0 Å². The molecule has 0 saturated carbocycles. The molecule has 0 aliphatic carbocycles. The molecule has 100 valence electrons. The van der Waals surface area contributed by atoms with Gasteiger partial charge in [0.05, 0.1) is 5.02 Å². The minimum Gasteiger partial charge on any atom is -0.490 e. The predicted molar refractivity (Wildman–Crippen MR) is 79.5 cm³/mol. The molecular weight excluding hydrogens is 333 g/mol. The number of nitrogens with one attached hydrogen (secondary N) is 1.